The molecule has 2 aromatic carbocycles. The SMILES string of the molecule is CC(=O)c1ccc(-c2ccc(C(=O)O[C@H](C(=O)N(C)C)c3ccccc3)o2)cc1. The second-order valence-corrected chi connectivity index (χ2v) is 6.73. The van der Waals surface area contributed by atoms with Crippen LogP contribution in [0.4, 0.5) is 0 Å². The Balaban J connectivity index is 1.81. The molecule has 1 aromatic heterocycles. The number of furan rings is 1. The Hall–Kier alpha value is -3.67. The highest BCUT2D eigenvalue weighted by Crippen LogP contribution is 2.26. The first-order valence-corrected chi connectivity index (χ1v) is 9.05. The number of hydrogen-bond acceptors (Lipinski definition) is 5. The first-order valence-electron chi connectivity index (χ1n) is 9.05. The predicted molar refractivity (Wildman–Crippen MR) is 107 cm³/mol. The van der Waals surface area contributed by atoms with E-state index in [0.29, 0.717) is 16.9 Å². The van der Waals surface area contributed by atoms with E-state index in [1.165, 1.54) is 17.9 Å². The maximum atomic E-state index is 12.6. The molecule has 0 saturated carbocycles. The molecule has 6 nitrogen and oxygen atoms in total. The molecule has 0 N–H and O–H groups in total. The van der Waals surface area contributed by atoms with Crippen molar-refractivity contribution in [3.8, 4) is 11.3 Å². The molecular weight excluding hydrogens is 370 g/mol. The third kappa shape index (κ3) is 4.60. The normalized spacial score (nSPS) is 11.6. The number of ketones is 1. The fourth-order valence-corrected chi connectivity index (χ4v) is 2.76. The number of hydrogen-bond donors (Lipinski definition) is 0. The third-order valence-corrected chi connectivity index (χ3v) is 4.38. The number of Topliss-reactive ketones (excluding diaryl/α,β-unsaturated/α-hetero) is 1. The van der Waals surface area contributed by atoms with Crippen molar-refractivity contribution in [3.63, 3.8) is 0 Å². The molecule has 0 aliphatic heterocycles. The number of nitrogens with zero attached hydrogens (tertiary/aromatic N) is 1. The molecule has 0 unspecified atom stereocenters. The van der Waals surface area contributed by atoms with Crippen molar-refractivity contribution in [3.05, 3.63) is 83.6 Å². The van der Waals surface area contributed by atoms with Crippen LogP contribution in [0, 0.1) is 0 Å². The second kappa shape index (κ2) is 8.56. The van der Waals surface area contributed by atoms with Crippen LogP contribution in [-0.2, 0) is 9.53 Å². The summed E-state index contributed by atoms with van der Waals surface area (Å²) < 4.78 is 11.1. The smallest absolute Gasteiger partial charge is 0.375 e. The van der Waals surface area contributed by atoms with Gasteiger partial charge in [0.25, 0.3) is 5.91 Å². The molecule has 1 heterocycles. The minimum atomic E-state index is -1.07. The molecule has 0 aliphatic rings. The Morgan fingerprint density at radius 2 is 1.55 bits per heavy atom. The second-order valence-electron chi connectivity index (χ2n) is 6.73. The average Bonchev–Trinajstić information content (AvgIpc) is 3.22. The van der Waals surface area contributed by atoms with E-state index in [1.807, 2.05) is 6.07 Å². The topological polar surface area (TPSA) is 76.8 Å². The number of likely N-dealkylation sites (N-methyl/N-ethyl adjacent to an activating group) is 1. The van der Waals surface area contributed by atoms with Gasteiger partial charge in [-0.1, -0.05) is 54.6 Å². The van der Waals surface area contributed by atoms with E-state index in [9.17, 15) is 14.4 Å². The number of ether oxygens (including phenoxy) is 1. The summed E-state index contributed by atoms with van der Waals surface area (Å²) in [6.07, 6.45) is -1.07. The lowest BCUT2D eigenvalue weighted by Crippen LogP contribution is -2.31. The van der Waals surface area contributed by atoms with Crippen molar-refractivity contribution in [1.82, 2.24) is 4.90 Å². The maximum Gasteiger partial charge on any atom is 0.375 e. The van der Waals surface area contributed by atoms with Gasteiger partial charge in [-0.25, -0.2) is 4.79 Å². The molecule has 6 heteroatoms. The molecule has 3 aromatic rings. The predicted octanol–water partition coefficient (Wildman–Crippen LogP) is 4.14. The number of benzene rings is 2. The van der Waals surface area contributed by atoms with Crippen LogP contribution < -0.4 is 0 Å². The first kappa shape index (κ1) is 20.1. The summed E-state index contributed by atoms with van der Waals surface area (Å²) in [5, 5.41) is 0. The van der Waals surface area contributed by atoms with E-state index in [2.05, 4.69) is 0 Å². The highest BCUT2D eigenvalue weighted by molar-refractivity contribution is 5.94. The monoisotopic (exact) mass is 391 g/mol. The summed E-state index contributed by atoms with van der Waals surface area (Å²) >= 11 is 0. The average molecular weight is 391 g/mol. The lowest BCUT2D eigenvalue weighted by molar-refractivity contribution is -0.138. The van der Waals surface area contributed by atoms with Crippen molar-refractivity contribution in [1.29, 1.82) is 0 Å². The van der Waals surface area contributed by atoms with Crippen LogP contribution in [0.25, 0.3) is 11.3 Å². The van der Waals surface area contributed by atoms with E-state index >= 15 is 0 Å². The zero-order valence-electron chi connectivity index (χ0n) is 16.4. The Kier molecular flexibility index (Phi) is 5.93. The minimum absolute atomic E-state index is 0.0110. The molecule has 0 bridgehead atoms. The molecule has 1 atom stereocenters. The summed E-state index contributed by atoms with van der Waals surface area (Å²) in [5.74, 6) is -0.667. The molecule has 0 spiro atoms. The molecule has 29 heavy (non-hydrogen) atoms. The number of carbonyl (C=O) groups is 3. The zero-order chi connectivity index (χ0) is 21.0. The van der Waals surface area contributed by atoms with Gasteiger partial charge in [0.1, 0.15) is 5.76 Å². The van der Waals surface area contributed by atoms with Gasteiger partial charge >= 0.3 is 5.97 Å². The Bertz CT molecular complexity index is 1020. The van der Waals surface area contributed by atoms with Crippen LogP contribution in [-0.4, -0.2) is 36.7 Å². The highest BCUT2D eigenvalue weighted by atomic mass is 16.6. The van der Waals surface area contributed by atoms with Gasteiger partial charge in [0.15, 0.2) is 5.78 Å². The van der Waals surface area contributed by atoms with Crippen LogP contribution in [0.2, 0.25) is 0 Å². The lowest BCUT2D eigenvalue weighted by atomic mass is 10.1. The molecule has 3 rings (SSSR count). The van der Waals surface area contributed by atoms with Crippen LogP contribution in [0.1, 0.15) is 39.5 Å². The van der Waals surface area contributed by atoms with Crippen molar-refractivity contribution < 1.29 is 23.5 Å². The summed E-state index contributed by atoms with van der Waals surface area (Å²) in [6, 6.07) is 18.8. The van der Waals surface area contributed by atoms with Gasteiger partial charge in [-0.2, -0.15) is 0 Å². The molecule has 1 amide bonds. The Morgan fingerprint density at radius 3 is 2.14 bits per heavy atom. The molecule has 0 aliphatic carbocycles. The van der Waals surface area contributed by atoms with Gasteiger partial charge < -0.3 is 14.1 Å². The standard InChI is InChI=1S/C23H21NO5/c1-15(25)16-9-11-17(12-10-16)19-13-14-20(28-19)23(27)29-21(22(26)24(2)3)18-7-5-4-6-8-18/h4-14,21H,1-3H3/t21-/m0/s1. The molecular formula is C23H21NO5. The fourth-order valence-electron chi connectivity index (χ4n) is 2.76. The number of carbonyl (C=O) groups excluding carboxylic acids is 3. The van der Waals surface area contributed by atoms with E-state index in [4.69, 9.17) is 9.15 Å². The maximum absolute atomic E-state index is 12.6. The van der Waals surface area contributed by atoms with Crippen molar-refractivity contribution in [2.45, 2.75) is 13.0 Å². The number of amides is 1. The van der Waals surface area contributed by atoms with Crippen molar-refractivity contribution >= 4 is 17.7 Å². The van der Waals surface area contributed by atoms with Gasteiger partial charge in [-0.05, 0) is 19.1 Å². The summed E-state index contributed by atoms with van der Waals surface area (Å²) in [7, 11) is 3.20. The third-order valence-electron chi connectivity index (χ3n) is 4.38. The summed E-state index contributed by atoms with van der Waals surface area (Å²) in [5.41, 5.74) is 1.89. The minimum Gasteiger partial charge on any atom is -0.449 e. The fraction of sp³-hybridized carbons (Fsp3) is 0.174. The largest absolute Gasteiger partial charge is 0.449 e. The van der Waals surface area contributed by atoms with Crippen molar-refractivity contribution in [2.24, 2.45) is 0 Å². The van der Waals surface area contributed by atoms with Gasteiger partial charge in [0.2, 0.25) is 11.9 Å². The van der Waals surface area contributed by atoms with Gasteiger partial charge in [-0.15, -0.1) is 0 Å². The van der Waals surface area contributed by atoms with Gasteiger partial charge in [0, 0.05) is 30.8 Å². The lowest BCUT2D eigenvalue weighted by Gasteiger charge is -2.20. The van der Waals surface area contributed by atoms with Crippen LogP contribution in [0.15, 0.2) is 71.1 Å². The van der Waals surface area contributed by atoms with Gasteiger partial charge in [-0.3, -0.25) is 9.59 Å². The highest BCUT2D eigenvalue weighted by Gasteiger charge is 2.28. The van der Waals surface area contributed by atoms with Gasteiger partial charge in [0.05, 0.1) is 0 Å². The summed E-state index contributed by atoms with van der Waals surface area (Å²) in [6.45, 7) is 1.49. The summed E-state index contributed by atoms with van der Waals surface area (Å²) in [4.78, 5) is 37.9. The molecule has 0 saturated heterocycles. The quantitative estimate of drug-likeness (QED) is 0.466. The van der Waals surface area contributed by atoms with E-state index < -0.39 is 12.1 Å². The van der Waals surface area contributed by atoms with E-state index in [1.54, 1.807) is 68.7 Å². The van der Waals surface area contributed by atoms with Crippen molar-refractivity contribution in [2.75, 3.05) is 14.1 Å². The van der Waals surface area contributed by atoms with Crippen LogP contribution >= 0.6 is 0 Å². The Labute approximate surface area is 168 Å². The number of rotatable bonds is 6. The van der Waals surface area contributed by atoms with Crippen LogP contribution in [0.5, 0.6) is 0 Å². The Morgan fingerprint density at radius 1 is 0.897 bits per heavy atom. The van der Waals surface area contributed by atoms with Crippen LogP contribution in [0.3, 0.4) is 0 Å². The number of esters is 1. The molecule has 0 fully saturated rings. The van der Waals surface area contributed by atoms with E-state index in [-0.39, 0.29) is 17.5 Å². The zero-order valence-corrected chi connectivity index (χ0v) is 16.4. The van der Waals surface area contributed by atoms with E-state index in [0.717, 1.165) is 5.56 Å². The first-order chi connectivity index (χ1) is 13.9. The molecule has 148 valence electrons. The molecule has 0 radical (unpaired) electrons.